The number of hydrogen-bond acceptors (Lipinski definition) is 5. The number of hydrogen-bond donors (Lipinski definition) is 2. The van der Waals surface area contributed by atoms with Crippen LogP contribution in [-0.2, 0) is 4.79 Å². The molecule has 0 aliphatic rings. The molecule has 0 atom stereocenters. The molecule has 0 bridgehead atoms. The molecule has 0 aliphatic carbocycles. The second-order valence-electron chi connectivity index (χ2n) is 2.76. The van der Waals surface area contributed by atoms with E-state index in [-0.39, 0.29) is 23.2 Å². The van der Waals surface area contributed by atoms with E-state index in [9.17, 15) is 20.2 Å². The Kier molecular flexibility index (Phi) is 9.28. The summed E-state index contributed by atoms with van der Waals surface area (Å²) >= 11 is 0. The Labute approximate surface area is 113 Å². The van der Waals surface area contributed by atoms with Crippen molar-refractivity contribution >= 4 is 24.1 Å². The number of benzene rings is 1. The highest BCUT2D eigenvalue weighted by Gasteiger charge is 2.21. The van der Waals surface area contributed by atoms with E-state index in [0.717, 1.165) is 6.92 Å². The minimum atomic E-state index is -1.00. The van der Waals surface area contributed by atoms with Gasteiger partial charge in [-0.2, -0.15) is 0 Å². The van der Waals surface area contributed by atoms with Crippen molar-refractivity contribution < 1.29 is 20.0 Å². The molecular weight excluding hydrogens is 284 g/mol. The zero-order valence-electron chi connectivity index (χ0n) is 9.63. The standard InChI is InChI=1S/C6H6N4O4.C2H4O2.ClH/c11-9(12)7-8(10(13)14)6-4-2-1-3-5-6;1-2(3)4;/h1-5,7H;1H3,(H,3,4);1H. The summed E-state index contributed by atoms with van der Waals surface area (Å²) in [7, 11) is 0. The van der Waals surface area contributed by atoms with Gasteiger partial charge in [-0.1, -0.05) is 18.2 Å². The molecule has 1 aromatic rings. The number of carboxylic acids is 1. The molecule has 0 saturated carbocycles. The molecular formula is C8H11ClN4O6. The number of para-hydroxylation sites is 1. The van der Waals surface area contributed by atoms with Gasteiger partial charge in [0, 0.05) is 12.5 Å². The minimum Gasteiger partial charge on any atom is -0.481 e. The van der Waals surface area contributed by atoms with Crippen LogP contribution >= 0.6 is 12.4 Å². The third kappa shape index (κ3) is 9.12. The van der Waals surface area contributed by atoms with Crippen LogP contribution < -0.4 is 10.7 Å². The second-order valence-corrected chi connectivity index (χ2v) is 2.76. The summed E-state index contributed by atoms with van der Waals surface area (Å²) in [5.41, 5.74) is 1.53. The van der Waals surface area contributed by atoms with E-state index in [1.807, 2.05) is 0 Å². The number of nitro groups is 2. The van der Waals surface area contributed by atoms with Crippen molar-refractivity contribution in [2.75, 3.05) is 5.12 Å². The Bertz CT molecular complexity index is 425. The topological polar surface area (TPSA) is 139 Å². The Morgan fingerprint density at radius 1 is 1.26 bits per heavy atom. The lowest BCUT2D eigenvalue weighted by Gasteiger charge is -2.08. The molecule has 0 saturated heterocycles. The number of hydrazine groups is 3. The average Bonchev–Trinajstić information content (AvgIpc) is 2.25. The van der Waals surface area contributed by atoms with Crippen molar-refractivity contribution in [2.24, 2.45) is 0 Å². The summed E-state index contributed by atoms with van der Waals surface area (Å²) in [6.07, 6.45) is 0. The van der Waals surface area contributed by atoms with Crippen LogP contribution in [0.5, 0.6) is 0 Å². The van der Waals surface area contributed by atoms with Crippen molar-refractivity contribution in [3.8, 4) is 0 Å². The van der Waals surface area contributed by atoms with Crippen LogP contribution in [0.4, 0.5) is 5.69 Å². The molecule has 2 N–H and O–H groups in total. The summed E-state index contributed by atoms with van der Waals surface area (Å²) in [4.78, 5) is 29.4. The fourth-order valence-corrected chi connectivity index (χ4v) is 0.835. The van der Waals surface area contributed by atoms with Gasteiger partial charge < -0.3 is 5.11 Å². The predicted octanol–water partition coefficient (Wildman–Crippen LogP) is 0.894. The predicted molar refractivity (Wildman–Crippen MR) is 66.6 cm³/mol. The van der Waals surface area contributed by atoms with Gasteiger partial charge in [0.25, 0.3) is 5.97 Å². The number of carbonyl (C=O) groups is 1. The number of halogens is 1. The summed E-state index contributed by atoms with van der Waals surface area (Å²) in [5, 5.41) is 26.2. The van der Waals surface area contributed by atoms with Crippen molar-refractivity contribution in [3.05, 3.63) is 50.6 Å². The SMILES string of the molecule is CC(=O)O.Cl.O=[N+]([O-])NN(c1ccccc1)[N+](=O)[O-]. The third-order valence-electron chi connectivity index (χ3n) is 1.34. The van der Waals surface area contributed by atoms with Crippen molar-refractivity contribution in [3.63, 3.8) is 0 Å². The van der Waals surface area contributed by atoms with Crippen LogP contribution in [0.3, 0.4) is 0 Å². The quantitative estimate of drug-likeness (QED) is 0.616. The van der Waals surface area contributed by atoms with Crippen LogP contribution in [0, 0.1) is 20.2 Å². The van der Waals surface area contributed by atoms with Gasteiger partial charge >= 0.3 is 0 Å². The molecule has 0 fully saturated rings. The van der Waals surface area contributed by atoms with Crippen LogP contribution in [-0.4, -0.2) is 21.1 Å². The van der Waals surface area contributed by atoms with Crippen LogP contribution in [0.2, 0.25) is 0 Å². The van der Waals surface area contributed by atoms with Gasteiger partial charge in [-0.05, 0) is 12.1 Å². The summed E-state index contributed by atoms with van der Waals surface area (Å²) in [6, 6.07) is 7.47. The fraction of sp³-hybridized carbons (Fsp3) is 0.125. The number of nitrogens with zero attached hydrogens (tertiary/aromatic N) is 3. The fourth-order valence-electron chi connectivity index (χ4n) is 0.835. The molecule has 0 radical (unpaired) electrons. The van der Waals surface area contributed by atoms with E-state index in [4.69, 9.17) is 9.90 Å². The Hall–Kier alpha value is -2.62. The molecule has 19 heavy (non-hydrogen) atoms. The highest BCUT2D eigenvalue weighted by atomic mass is 35.5. The van der Waals surface area contributed by atoms with Gasteiger partial charge in [0.15, 0.2) is 10.1 Å². The molecule has 0 aromatic heterocycles. The summed E-state index contributed by atoms with van der Waals surface area (Å²) in [6.45, 7) is 1.08. The lowest BCUT2D eigenvalue weighted by molar-refractivity contribution is -0.620. The normalized spacial score (nSPS) is 8.05. The van der Waals surface area contributed by atoms with Gasteiger partial charge in [-0.15, -0.1) is 12.4 Å². The molecule has 0 heterocycles. The largest absolute Gasteiger partial charge is 0.481 e. The smallest absolute Gasteiger partial charge is 0.300 e. The van der Waals surface area contributed by atoms with Gasteiger partial charge in [-0.25, -0.2) is 20.2 Å². The first-order chi connectivity index (χ1) is 8.34. The first kappa shape index (κ1) is 18.7. The Morgan fingerprint density at radius 3 is 2.00 bits per heavy atom. The maximum absolute atomic E-state index is 10.4. The van der Waals surface area contributed by atoms with E-state index in [1.54, 1.807) is 6.07 Å². The average molecular weight is 295 g/mol. The number of nitrogens with one attached hydrogen (secondary N) is 1. The Morgan fingerprint density at radius 2 is 1.68 bits per heavy atom. The van der Waals surface area contributed by atoms with Gasteiger partial charge in [0.2, 0.25) is 0 Å². The zero-order chi connectivity index (χ0) is 14.1. The molecule has 1 aromatic carbocycles. The lowest BCUT2D eigenvalue weighted by Crippen LogP contribution is -2.45. The van der Waals surface area contributed by atoms with Gasteiger partial charge in [-0.3, -0.25) is 4.79 Å². The van der Waals surface area contributed by atoms with E-state index >= 15 is 0 Å². The third-order valence-corrected chi connectivity index (χ3v) is 1.34. The van der Waals surface area contributed by atoms with Crippen molar-refractivity contribution in [1.29, 1.82) is 0 Å². The first-order valence-corrected chi connectivity index (χ1v) is 4.44. The monoisotopic (exact) mass is 294 g/mol. The second kappa shape index (κ2) is 9.41. The van der Waals surface area contributed by atoms with Gasteiger partial charge in [0.05, 0.1) is 5.12 Å². The van der Waals surface area contributed by atoms with E-state index in [0.29, 0.717) is 0 Å². The van der Waals surface area contributed by atoms with Crippen LogP contribution in [0.25, 0.3) is 0 Å². The summed E-state index contributed by atoms with van der Waals surface area (Å²) in [5.74, 6) is -0.833. The zero-order valence-corrected chi connectivity index (χ0v) is 10.4. The molecule has 106 valence electrons. The number of aliphatic carboxylic acids is 1. The lowest BCUT2D eigenvalue weighted by atomic mass is 10.3. The minimum absolute atomic E-state index is 0. The number of carboxylic acid groups (broad SMARTS) is 1. The van der Waals surface area contributed by atoms with E-state index in [1.165, 1.54) is 29.8 Å². The highest BCUT2D eigenvalue weighted by Crippen LogP contribution is 2.10. The first-order valence-electron chi connectivity index (χ1n) is 4.44. The number of anilines is 1. The van der Waals surface area contributed by atoms with Crippen LogP contribution in [0.1, 0.15) is 6.92 Å². The Balaban J connectivity index is 0. The molecule has 0 amide bonds. The van der Waals surface area contributed by atoms with Crippen molar-refractivity contribution in [2.45, 2.75) is 6.92 Å². The highest BCUT2D eigenvalue weighted by molar-refractivity contribution is 5.85. The van der Waals surface area contributed by atoms with Crippen molar-refractivity contribution in [1.82, 2.24) is 5.53 Å². The number of rotatable bonds is 4. The van der Waals surface area contributed by atoms with Crippen LogP contribution in [0.15, 0.2) is 30.3 Å². The van der Waals surface area contributed by atoms with E-state index < -0.39 is 16.0 Å². The molecule has 0 aliphatic heterocycles. The van der Waals surface area contributed by atoms with Gasteiger partial charge in [0.1, 0.15) is 5.69 Å². The molecule has 10 nitrogen and oxygen atoms in total. The van der Waals surface area contributed by atoms with E-state index in [2.05, 4.69) is 0 Å². The maximum Gasteiger partial charge on any atom is 0.300 e. The molecule has 0 unspecified atom stereocenters. The molecule has 1 rings (SSSR count). The summed E-state index contributed by atoms with van der Waals surface area (Å²) < 4.78 is 0. The maximum atomic E-state index is 10.4. The molecule has 11 heteroatoms. The molecule has 0 spiro atoms.